The van der Waals surface area contributed by atoms with Gasteiger partial charge in [0.05, 0.1) is 6.10 Å². The van der Waals surface area contributed by atoms with Gasteiger partial charge >= 0.3 is 0 Å². The molecule has 2 heterocycles. The van der Waals surface area contributed by atoms with Crippen LogP contribution in [-0.4, -0.2) is 24.3 Å². The summed E-state index contributed by atoms with van der Waals surface area (Å²) < 4.78 is 11.2. The molecular formula is C13H20N2O2. The maximum Gasteiger partial charge on any atom is 0.213 e. The lowest BCUT2D eigenvalue weighted by atomic mass is 10.1. The number of aromatic nitrogens is 1. The molecule has 1 saturated heterocycles. The molecule has 17 heavy (non-hydrogen) atoms. The van der Waals surface area contributed by atoms with Gasteiger partial charge in [-0.3, -0.25) is 0 Å². The van der Waals surface area contributed by atoms with Crippen molar-refractivity contribution in [1.29, 1.82) is 0 Å². The number of pyridine rings is 1. The second kappa shape index (κ2) is 5.98. The summed E-state index contributed by atoms with van der Waals surface area (Å²) in [5, 5.41) is 0. The quantitative estimate of drug-likeness (QED) is 0.869. The third-order valence-corrected chi connectivity index (χ3v) is 2.98. The SMILES string of the molecule is CC(N)c1ccc(OCC2CCCCO2)nc1. The summed E-state index contributed by atoms with van der Waals surface area (Å²) in [4.78, 5) is 4.23. The molecule has 2 rings (SSSR count). The summed E-state index contributed by atoms with van der Waals surface area (Å²) in [6, 6.07) is 3.83. The van der Waals surface area contributed by atoms with Crippen molar-refractivity contribution >= 4 is 0 Å². The molecule has 2 N–H and O–H groups in total. The molecule has 1 fully saturated rings. The van der Waals surface area contributed by atoms with Crippen molar-refractivity contribution in [2.45, 2.75) is 38.3 Å². The van der Waals surface area contributed by atoms with E-state index >= 15 is 0 Å². The second-order valence-electron chi connectivity index (χ2n) is 4.52. The molecule has 0 radical (unpaired) electrons. The molecule has 0 saturated carbocycles. The van der Waals surface area contributed by atoms with Crippen molar-refractivity contribution in [2.75, 3.05) is 13.2 Å². The Labute approximate surface area is 102 Å². The zero-order valence-electron chi connectivity index (χ0n) is 10.3. The lowest BCUT2D eigenvalue weighted by molar-refractivity contribution is -0.0119. The first-order chi connectivity index (χ1) is 8.25. The van der Waals surface area contributed by atoms with Crippen LogP contribution in [0.3, 0.4) is 0 Å². The number of nitrogens with two attached hydrogens (primary N) is 1. The van der Waals surface area contributed by atoms with Crippen LogP contribution in [0.1, 0.15) is 37.8 Å². The minimum atomic E-state index is 0.0122. The number of hydrogen-bond donors (Lipinski definition) is 1. The topological polar surface area (TPSA) is 57.4 Å². The van der Waals surface area contributed by atoms with E-state index in [0.29, 0.717) is 12.5 Å². The highest BCUT2D eigenvalue weighted by Crippen LogP contribution is 2.16. The smallest absolute Gasteiger partial charge is 0.213 e. The largest absolute Gasteiger partial charge is 0.475 e. The third-order valence-electron chi connectivity index (χ3n) is 2.98. The van der Waals surface area contributed by atoms with Gasteiger partial charge in [-0.15, -0.1) is 0 Å². The highest BCUT2D eigenvalue weighted by Gasteiger charge is 2.14. The van der Waals surface area contributed by atoms with Crippen molar-refractivity contribution in [2.24, 2.45) is 5.73 Å². The maximum atomic E-state index is 5.75. The molecule has 0 amide bonds. The van der Waals surface area contributed by atoms with Crippen LogP contribution in [0.25, 0.3) is 0 Å². The van der Waals surface area contributed by atoms with E-state index in [1.54, 1.807) is 6.20 Å². The predicted octanol–water partition coefficient (Wildman–Crippen LogP) is 2.05. The van der Waals surface area contributed by atoms with Crippen molar-refractivity contribution < 1.29 is 9.47 Å². The molecule has 2 atom stereocenters. The average Bonchev–Trinajstić information content (AvgIpc) is 2.38. The fourth-order valence-electron chi connectivity index (χ4n) is 1.86. The van der Waals surface area contributed by atoms with E-state index in [1.807, 2.05) is 19.1 Å². The average molecular weight is 236 g/mol. The maximum absolute atomic E-state index is 5.75. The highest BCUT2D eigenvalue weighted by molar-refractivity contribution is 5.19. The first-order valence-corrected chi connectivity index (χ1v) is 6.21. The summed E-state index contributed by atoms with van der Waals surface area (Å²) in [5.74, 6) is 0.642. The first kappa shape index (κ1) is 12.3. The summed E-state index contributed by atoms with van der Waals surface area (Å²) in [6.45, 7) is 3.38. The van der Waals surface area contributed by atoms with Crippen LogP contribution in [0.15, 0.2) is 18.3 Å². The molecule has 1 aromatic heterocycles. The molecule has 1 aliphatic heterocycles. The van der Waals surface area contributed by atoms with Gasteiger partial charge in [0.25, 0.3) is 0 Å². The van der Waals surface area contributed by atoms with E-state index < -0.39 is 0 Å². The molecule has 2 unspecified atom stereocenters. The number of hydrogen-bond acceptors (Lipinski definition) is 4. The Kier molecular flexibility index (Phi) is 4.34. The minimum Gasteiger partial charge on any atom is -0.475 e. The molecule has 1 aromatic rings. The highest BCUT2D eigenvalue weighted by atomic mass is 16.5. The lowest BCUT2D eigenvalue weighted by Crippen LogP contribution is -2.26. The molecule has 4 heteroatoms. The zero-order valence-corrected chi connectivity index (χ0v) is 10.3. The Morgan fingerprint density at radius 1 is 1.53 bits per heavy atom. The van der Waals surface area contributed by atoms with Crippen LogP contribution in [0.5, 0.6) is 5.88 Å². The fourth-order valence-corrected chi connectivity index (χ4v) is 1.86. The first-order valence-electron chi connectivity index (χ1n) is 6.21. The van der Waals surface area contributed by atoms with Gasteiger partial charge < -0.3 is 15.2 Å². The lowest BCUT2D eigenvalue weighted by Gasteiger charge is -2.22. The Bertz CT molecular complexity index is 332. The van der Waals surface area contributed by atoms with Crippen molar-refractivity contribution in [3.05, 3.63) is 23.9 Å². The summed E-state index contributed by atoms with van der Waals surface area (Å²) in [6.07, 6.45) is 5.46. The normalized spacial score (nSPS) is 22.1. The van der Waals surface area contributed by atoms with Crippen LogP contribution in [0.4, 0.5) is 0 Å². The Hall–Kier alpha value is -1.13. The minimum absolute atomic E-state index is 0.0122. The Balaban J connectivity index is 1.82. The van der Waals surface area contributed by atoms with Gasteiger partial charge in [0.15, 0.2) is 0 Å². The van der Waals surface area contributed by atoms with Gasteiger partial charge in [-0.05, 0) is 31.7 Å². The van der Waals surface area contributed by atoms with E-state index in [0.717, 1.165) is 25.0 Å². The number of ether oxygens (including phenoxy) is 2. The van der Waals surface area contributed by atoms with E-state index in [2.05, 4.69) is 4.98 Å². The number of nitrogens with zero attached hydrogens (tertiary/aromatic N) is 1. The van der Waals surface area contributed by atoms with Gasteiger partial charge in [0.2, 0.25) is 5.88 Å². The van der Waals surface area contributed by atoms with E-state index in [1.165, 1.54) is 6.42 Å². The van der Waals surface area contributed by atoms with E-state index in [-0.39, 0.29) is 12.1 Å². The Morgan fingerprint density at radius 3 is 3.00 bits per heavy atom. The van der Waals surface area contributed by atoms with Gasteiger partial charge in [-0.25, -0.2) is 4.98 Å². The van der Waals surface area contributed by atoms with Crippen molar-refractivity contribution in [3.8, 4) is 5.88 Å². The molecule has 0 aliphatic carbocycles. The van der Waals surface area contributed by atoms with Gasteiger partial charge in [-0.1, -0.05) is 6.07 Å². The van der Waals surface area contributed by atoms with Gasteiger partial charge in [0.1, 0.15) is 6.61 Å². The summed E-state index contributed by atoms with van der Waals surface area (Å²) >= 11 is 0. The standard InChI is InChI=1S/C13H20N2O2/c1-10(14)11-5-6-13(15-8-11)17-9-12-4-2-3-7-16-12/h5-6,8,10,12H,2-4,7,9,14H2,1H3. The van der Waals surface area contributed by atoms with Gasteiger partial charge in [-0.2, -0.15) is 0 Å². The van der Waals surface area contributed by atoms with Crippen molar-refractivity contribution in [1.82, 2.24) is 4.98 Å². The summed E-state index contributed by atoms with van der Waals surface area (Å²) in [7, 11) is 0. The van der Waals surface area contributed by atoms with Crippen LogP contribution in [-0.2, 0) is 4.74 Å². The monoisotopic (exact) mass is 236 g/mol. The fraction of sp³-hybridized carbons (Fsp3) is 0.615. The molecule has 0 aromatic carbocycles. The molecule has 1 aliphatic rings. The molecule has 4 nitrogen and oxygen atoms in total. The van der Waals surface area contributed by atoms with Crippen LogP contribution < -0.4 is 10.5 Å². The molecule has 94 valence electrons. The van der Waals surface area contributed by atoms with Crippen LogP contribution in [0, 0.1) is 0 Å². The van der Waals surface area contributed by atoms with E-state index in [4.69, 9.17) is 15.2 Å². The predicted molar refractivity (Wildman–Crippen MR) is 65.9 cm³/mol. The van der Waals surface area contributed by atoms with Crippen LogP contribution >= 0.6 is 0 Å². The summed E-state index contributed by atoms with van der Waals surface area (Å²) in [5.41, 5.74) is 6.77. The van der Waals surface area contributed by atoms with E-state index in [9.17, 15) is 0 Å². The Morgan fingerprint density at radius 2 is 2.41 bits per heavy atom. The van der Waals surface area contributed by atoms with Crippen LogP contribution in [0.2, 0.25) is 0 Å². The number of rotatable bonds is 4. The third kappa shape index (κ3) is 3.68. The van der Waals surface area contributed by atoms with Crippen molar-refractivity contribution in [3.63, 3.8) is 0 Å². The molecule has 0 spiro atoms. The zero-order chi connectivity index (χ0) is 12.1. The molecule has 0 bridgehead atoms. The molecular weight excluding hydrogens is 216 g/mol. The second-order valence-corrected chi connectivity index (χ2v) is 4.52. The van der Waals surface area contributed by atoms with Gasteiger partial charge in [0, 0.05) is 24.9 Å².